The van der Waals surface area contributed by atoms with Crippen LogP contribution in [0, 0.1) is 13.8 Å². The fourth-order valence-corrected chi connectivity index (χ4v) is 1.99. The van der Waals surface area contributed by atoms with Gasteiger partial charge in [0.2, 0.25) is 0 Å². The van der Waals surface area contributed by atoms with Crippen molar-refractivity contribution in [3.05, 3.63) is 28.8 Å². The van der Waals surface area contributed by atoms with E-state index < -0.39 is 12.0 Å². The molecular formula is C11H13NO2. The quantitative estimate of drug-likeness (QED) is 0.710. The first-order chi connectivity index (χ1) is 6.58. The van der Waals surface area contributed by atoms with Gasteiger partial charge in [0.1, 0.15) is 6.04 Å². The molecule has 0 aliphatic carbocycles. The predicted molar refractivity (Wildman–Crippen MR) is 54.7 cm³/mol. The van der Waals surface area contributed by atoms with Crippen molar-refractivity contribution in [1.29, 1.82) is 0 Å². The van der Waals surface area contributed by atoms with Crippen molar-refractivity contribution < 1.29 is 9.90 Å². The van der Waals surface area contributed by atoms with Gasteiger partial charge < -0.3 is 10.4 Å². The summed E-state index contributed by atoms with van der Waals surface area (Å²) in [5.74, 6) is -0.779. The fourth-order valence-electron chi connectivity index (χ4n) is 1.99. The summed E-state index contributed by atoms with van der Waals surface area (Å²) in [6.07, 6.45) is 0.594. The zero-order valence-corrected chi connectivity index (χ0v) is 8.29. The Morgan fingerprint density at radius 3 is 2.86 bits per heavy atom. The number of anilines is 1. The molecule has 3 heteroatoms. The lowest BCUT2D eigenvalue weighted by molar-refractivity contribution is -0.137. The molecule has 1 aliphatic rings. The van der Waals surface area contributed by atoms with Gasteiger partial charge in [-0.2, -0.15) is 0 Å². The summed E-state index contributed by atoms with van der Waals surface area (Å²) in [6, 6.07) is 3.64. The van der Waals surface area contributed by atoms with Crippen LogP contribution in [-0.4, -0.2) is 17.1 Å². The molecule has 0 saturated heterocycles. The molecule has 0 unspecified atom stereocenters. The number of fused-ring (bicyclic) bond motifs is 1. The molecule has 74 valence electrons. The molecule has 0 saturated carbocycles. The molecule has 14 heavy (non-hydrogen) atoms. The maximum Gasteiger partial charge on any atom is 0.326 e. The smallest absolute Gasteiger partial charge is 0.326 e. The number of carboxylic acid groups (broad SMARTS) is 1. The Bertz CT molecular complexity index is 399. The number of hydrogen-bond acceptors (Lipinski definition) is 2. The van der Waals surface area contributed by atoms with E-state index in [2.05, 4.69) is 11.4 Å². The third-order valence-electron chi connectivity index (χ3n) is 2.65. The highest BCUT2D eigenvalue weighted by atomic mass is 16.4. The Labute approximate surface area is 82.8 Å². The molecule has 1 aliphatic heterocycles. The molecule has 2 N–H and O–H groups in total. The molecule has 1 aromatic carbocycles. The number of nitrogens with one attached hydrogen (secondary N) is 1. The fraction of sp³-hybridized carbons (Fsp3) is 0.364. The summed E-state index contributed by atoms with van der Waals surface area (Å²) >= 11 is 0. The molecule has 0 amide bonds. The summed E-state index contributed by atoms with van der Waals surface area (Å²) in [5, 5.41) is 11.9. The molecule has 1 heterocycles. The van der Waals surface area contributed by atoms with E-state index in [0.29, 0.717) is 6.42 Å². The number of hydrogen-bond donors (Lipinski definition) is 2. The van der Waals surface area contributed by atoms with E-state index in [4.69, 9.17) is 5.11 Å². The Morgan fingerprint density at radius 1 is 1.50 bits per heavy atom. The number of carbonyl (C=O) groups is 1. The minimum Gasteiger partial charge on any atom is -0.480 e. The van der Waals surface area contributed by atoms with Crippen molar-refractivity contribution in [3.8, 4) is 0 Å². The Kier molecular flexibility index (Phi) is 1.95. The van der Waals surface area contributed by atoms with Gasteiger partial charge in [0.05, 0.1) is 0 Å². The van der Waals surface area contributed by atoms with Crippen molar-refractivity contribution in [1.82, 2.24) is 0 Å². The maximum absolute atomic E-state index is 10.8. The van der Waals surface area contributed by atoms with E-state index in [-0.39, 0.29) is 0 Å². The van der Waals surface area contributed by atoms with Gasteiger partial charge in [-0.25, -0.2) is 4.79 Å². The highest BCUT2D eigenvalue weighted by Gasteiger charge is 2.27. The summed E-state index contributed by atoms with van der Waals surface area (Å²) < 4.78 is 0. The molecule has 0 bridgehead atoms. The van der Waals surface area contributed by atoms with E-state index in [1.807, 2.05) is 19.9 Å². The summed E-state index contributed by atoms with van der Waals surface area (Å²) in [5.41, 5.74) is 4.47. The van der Waals surface area contributed by atoms with E-state index in [0.717, 1.165) is 11.3 Å². The predicted octanol–water partition coefficient (Wildman–Crippen LogP) is 1.72. The number of benzene rings is 1. The second-order valence-electron chi connectivity index (χ2n) is 3.85. The Morgan fingerprint density at radius 2 is 2.21 bits per heavy atom. The highest BCUT2D eigenvalue weighted by molar-refractivity contribution is 5.81. The molecule has 1 atom stereocenters. The van der Waals surface area contributed by atoms with E-state index in [1.165, 1.54) is 11.1 Å². The van der Waals surface area contributed by atoms with Crippen LogP contribution in [0.15, 0.2) is 12.1 Å². The number of aryl methyl sites for hydroxylation is 2. The SMILES string of the molecule is Cc1cc(C)c2c(c1)N[C@@H](C(=O)O)C2. The number of rotatable bonds is 1. The topological polar surface area (TPSA) is 49.3 Å². The second-order valence-corrected chi connectivity index (χ2v) is 3.85. The van der Waals surface area contributed by atoms with E-state index >= 15 is 0 Å². The van der Waals surface area contributed by atoms with Gasteiger partial charge in [0, 0.05) is 12.1 Å². The van der Waals surface area contributed by atoms with Crippen LogP contribution in [-0.2, 0) is 11.2 Å². The van der Waals surface area contributed by atoms with Gasteiger partial charge >= 0.3 is 5.97 Å². The zero-order valence-electron chi connectivity index (χ0n) is 8.29. The molecule has 1 aromatic rings. The zero-order chi connectivity index (χ0) is 10.3. The summed E-state index contributed by atoms with van der Waals surface area (Å²) in [7, 11) is 0. The standard InChI is InChI=1S/C11H13NO2/c1-6-3-7(2)8-5-10(11(13)14)12-9(8)4-6/h3-4,10,12H,5H2,1-2H3,(H,13,14)/t10-/m1/s1. The largest absolute Gasteiger partial charge is 0.480 e. The van der Waals surface area contributed by atoms with E-state index in [9.17, 15) is 4.79 Å². The van der Waals surface area contributed by atoms with Crippen LogP contribution in [0.5, 0.6) is 0 Å². The van der Waals surface area contributed by atoms with Crippen LogP contribution in [0.2, 0.25) is 0 Å². The first-order valence-corrected chi connectivity index (χ1v) is 4.67. The van der Waals surface area contributed by atoms with Crippen LogP contribution < -0.4 is 5.32 Å². The molecule has 0 aromatic heterocycles. The minimum atomic E-state index is -0.779. The van der Waals surface area contributed by atoms with Gasteiger partial charge in [-0.15, -0.1) is 0 Å². The van der Waals surface area contributed by atoms with Gasteiger partial charge in [0.15, 0.2) is 0 Å². The Balaban J connectivity index is 2.39. The molecule has 0 spiro atoms. The minimum absolute atomic E-state index is 0.453. The van der Waals surface area contributed by atoms with Crippen molar-refractivity contribution in [2.45, 2.75) is 26.3 Å². The van der Waals surface area contributed by atoms with Crippen molar-refractivity contribution in [3.63, 3.8) is 0 Å². The van der Waals surface area contributed by atoms with Gasteiger partial charge in [0.25, 0.3) is 0 Å². The normalized spacial score (nSPS) is 18.9. The number of carboxylic acids is 1. The third kappa shape index (κ3) is 1.35. The number of aliphatic carboxylic acids is 1. The average Bonchev–Trinajstić information content (AvgIpc) is 2.47. The first kappa shape index (κ1) is 9.06. The molecule has 3 nitrogen and oxygen atoms in total. The maximum atomic E-state index is 10.8. The van der Waals surface area contributed by atoms with Crippen LogP contribution >= 0.6 is 0 Å². The average molecular weight is 191 g/mol. The van der Waals surface area contributed by atoms with Gasteiger partial charge in [-0.1, -0.05) is 6.07 Å². The van der Waals surface area contributed by atoms with Gasteiger partial charge in [-0.05, 0) is 36.6 Å². The second kappa shape index (κ2) is 3.01. The van der Waals surface area contributed by atoms with Crippen molar-refractivity contribution in [2.75, 3.05) is 5.32 Å². The van der Waals surface area contributed by atoms with Gasteiger partial charge in [-0.3, -0.25) is 0 Å². The molecular weight excluding hydrogens is 178 g/mol. The van der Waals surface area contributed by atoms with Crippen molar-refractivity contribution >= 4 is 11.7 Å². The third-order valence-corrected chi connectivity index (χ3v) is 2.65. The van der Waals surface area contributed by atoms with Crippen molar-refractivity contribution in [2.24, 2.45) is 0 Å². The summed E-state index contributed by atoms with van der Waals surface area (Å²) in [4.78, 5) is 10.8. The van der Waals surface area contributed by atoms with Crippen LogP contribution in [0.3, 0.4) is 0 Å². The lowest BCUT2D eigenvalue weighted by Crippen LogP contribution is -2.26. The van der Waals surface area contributed by atoms with Crippen LogP contribution in [0.1, 0.15) is 16.7 Å². The first-order valence-electron chi connectivity index (χ1n) is 4.67. The lowest BCUT2D eigenvalue weighted by Gasteiger charge is -2.05. The molecule has 2 rings (SSSR count). The molecule has 0 radical (unpaired) electrons. The monoisotopic (exact) mass is 191 g/mol. The van der Waals surface area contributed by atoms with Crippen LogP contribution in [0.4, 0.5) is 5.69 Å². The Hall–Kier alpha value is -1.51. The van der Waals surface area contributed by atoms with E-state index in [1.54, 1.807) is 0 Å². The lowest BCUT2D eigenvalue weighted by atomic mass is 10.0. The highest BCUT2D eigenvalue weighted by Crippen LogP contribution is 2.29. The molecule has 0 fully saturated rings. The summed E-state index contributed by atoms with van der Waals surface area (Å²) in [6.45, 7) is 4.04. The van der Waals surface area contributed by atoms with Crippen LogP contribution in [0.25, 0.3) is 0 Å².